The summed E-state index contributed by atoms with van der Waals surface area (Å²) in [5, 5.41) is 8.16. The van der Waals surface area contributed by atoms with Crippen LogP contribution in [0.5, 0.6) is 5.75 Å². The summed E-state index contributed by atoms with van der Waals surface area (Å²) in [4.78, 5) is 17.7. The number of carbonyl (C=O) groups excluding carboxylic acids is 1. The monoisotopic (exact) mass is 418 g/mol. The summed E-state index contributed by atoms with van der Waals surface area (Å²) in [6, 6.07) is 24.0. The summed E-state index contributed by atoms with van der Waals surface area (Å²) >= 11 is 6.06. The number of nitrogens with zero attached hydrogens (tertiary/aromatic N) is 3. The zero-order valence-electron chi connectivity index (χ0n) is 16.2. The van der Waals surface area contributed by atoms with Crippen molar-refractivity contribution in [2.45, 2.75) is 6.54 Å². The Labute approximate surface area is 179 Å². The van der Waals surface area contributed by atoms with Gasteiger partial charge >= 0.3 is 0 Å². The van der Waals surface area contributed by atoms with Crippen LogP contribution in [0.3, 0.4) is 0 Å². The van der Waals surface area contributed by atoms with Crippen LogP contribution in [0, 0.1) is 0 Å². The van der Waals surface area contributed by atoms with Crippen LogP contribution in [0.15, 0.2) is 78.9 Å². The summed E-state index contributed by atoms with van der Waals surface area (Å²) in [6.45, 7) is 0.504. The molecule has 1 heterocycles. The quantitative estimate of drug-likeness (QED) is 0.482. The zero-order valence-corrected chi connectivity index (χ0v) is 17.0. The van der Waals surface area contributed by atoms with Crippen molar-refractivity contribution in [3.63, 3.8) is 0 Å². The van der Waals surface area contributed by atoms with E-state index in [1.807, 2.05) is 54.6 Å². The fourth-order valence-corrected chi connectivity index (χ4v) is 3.14. The van der Waals surface area contributed by atoms with Gasteiger partial charge in [-0.2, -0.15) is 9.67 Å². The van der Waals surface area contributed by atoms with Gasteiger partial charge in [-0.25, -0.2) is 0 Å². The van der Waals surface area contributed by atoms with Crippen molar-refractivity contribution in [2.75, 3.05) is 12.4 Å². The molecule has 0 bridgehead atoms. The van der Waals surface area contributed by atoms with Crippen LogP contribution in [0.2, 0.25) is 5.02 Å². The second-order valence-corrected chi connectivity index (χ2v) is 6.99. The highest BCUT2D eigenvalue weighted by molar-refractivity contribution is 6.31. The van der Waals surface area contributed by atoms with Gasteiger partial charge in [0.2, 0.25) is 5.95 Å². The van der Waals surface area contributed by atoms with Crippen LogP contribution < -0.4 is 10.1 Å². The van der Waals surface area contributed by atoms with E-state index < -0.39 is 0 Å². The van der Waals surface area contributed by atoms with Gasteiger partial charge in [0.15, 0.2) is 5.82 Å². The zero-order chi connectivity index (χ0) is 20.9. The van der Waals surface area contributed by atoms with Crippen LogP contribution in [-0.2, 0) is 6.54 Å². The fraction of sp³-hybridized carbons (Fsp3) is 0.0870. The molecular weight excluding hydrogens is 400 g/mol. The number of rotatable bonds is 6. The number of hydrogen-bond acceptors (Lipinski definition) is 5. The second-order valence-electron chi connectivity index (χ2n) is 6.55. The molecule has 0 unspecified atom stereocenters. The molecule has 0 saturated carbocycles. The highest BCUT2D eigenvalue weighted by atomic mass is 35.5. The molecule has 0 saturated heterocycles. The van der Waals surface area contributed by atoms with Crippen molar-refractivity contribution in [1.82, 2.24) is 14.8 Å². The lowest BCUT2D eigenvalue weighted by Crippen LogP contribution is -2.17. The highest BCUT2D eigenvalue weighted by Gasteiger charge is 2.19. The Kier molecular flexibility index (Phi) is 5.77. The largest absolute Gasteiger partial charge is 0.497 e. The van der Waals surface area contributed by atoms with Gasteiger partial charge < -0.3 is 10.1 Å². The molecule has 0 spiro atoms. The lowest BCUT2D eigenvalue weighted by Gasteiger charge is -2.07. The van der Waals surface area contributed by atoms with Gasteiger partial charge in [0.1, 0.15) is 5.75 Å². The number of anilines is 1. The molecule has 150 valence electrons. The number of nitrogens with one attached hydrogen (secondary N) is 1. The lowest BCUT2D eigenvalue weighted by molar-refractivity contribution is 0.0947. The predicted octanol–water partition coefficient (Wildman–Crippen LogP) is 4.91. The SMILES string of the molecule is COc1ccc(-c2nc(NCc3ccccc3)n(C(=O)c3cccc(Cl)c3)n2)cc1. The van der Waals surface area contributed by atoms with E-state index in [0.29, 0.717) is 28.9 Å². The van der Waals surface area contributed by atoms with Gasteiger partial charge in [0.25, 0.3) is 5.91 Å². The maximum Gasteiger partial charge on any atom is 0.281 e. The molecule has 4 aromatic rings. The third kappa shape index (κ3) is 4.34. The first kappa shape index (κ1) is 19.7. The van der Waals surface area contributed by atoms with Gasteiger partial charge in [0, 0.05) is 22.7 Å². The van der Waals surface area contributed by atoms with E-state index >= 15 is 0 Å². The third-order valence-electron chi connectivity index (χ3n) is 4.51. The Bertz CT molecular complexity index is 1160. The molecule has 6 nitrogen and oxygen atoms in total. The van der Waals surface area contributed by atoms with Crippen molar-refractivity contribution >= 4 is 23.5 Å². The van der Waals surface area contributed by atoms with Crippen molar-refractivity contribution in [3.05, 3.63) is 95.0 Å². The molecule has 7 heteroatoms. The topological polar surface area (TPSA) is 69.0 Å². The van der Waals surface area contributed by atoms with Crippen LogP contribution in [-0.4, -0.2) is 27.8 Å². The van der Waals surface area contributed by atoms with Gasteiger partial charge in [-0.05, 0) is 48.0 Å². The number of hydrogen-bond donors (Lipinski definition) is 1. The first-order chi connectivity index (χ1) is 14.6. The molecule has 1 N–H and O–H groups in total. The van der Waals surface area contributed by atoms with E-state index in [1.165, 1.54) is 4.68 Å². The van der Waals surface area contributed by atoms with Crippen molar-refractivity contribution in [1.29, 1.82) is 0 Å². The summed E-state index contributed by atoms with van der Waals surface area (Å²) < 4.78 is 6.48. The first-order valence-electron chi connectivity index (χ1n) is 9.33. The molecule has 0 amide bonds. The Morgan fingerprint density at radius 1 is 1.03 bits per heavy atom. The van der Waals surface area contributed by atoms with Crippen LogP contribution in [0.1, 0.15) is 15.9 Å². The van der Waals surface area contributed by atoms with Gasteiger partial charge in [-0.1, -0.05) is 48.0 Å². The molecular formula is C23H19ClN4O2. The van der Waals surface area contributed by atoms with E-state index in [9.17, 15) is 4.79 Å². The molecule has 4 rings (SSSR count). The van der Waals surface area contributed by atoms with E-state index in [-0.39, 0.29) is 5.91 Å². The van der Waals surface area contributed by atoms with Crippen molar-refractivity contribution < 1.29 is 9.53 Å². The lowest BCUT2D eigenvalue weighted by atomic mass is 10.2. The average molecular weight is 419 g/mol. The first-order valence-corrected chi connectivity index (χ1v) is 9.71. The Morgan fingerprint density at radius 2 is 1.80 bits per heavy atom. The Balaban J connectivity index is 1.69. The van der Waals surface area contributed by atoms with E-state index in [0.717, 1.165) is 16.9 Å². The number of carbonyl (C=O) groups is 1. The maximum atomic E-state index is 13.1. The van der Waals surface area contributed by atoms with Crippen molar-refractivity contribution in [3.8, 4) is 17.1 Å². The number of ether oxygens (including phenoxy) is 1. The molecule has 0 atom stereocenters. The second kappa shape index (κ2) is 8.80. The Hall–Kier alpha value is -3.64. The normalized spacial score (nSPS) is 10.6. The van der Waals surface area contributed by atoms with E-state index in [1.54, 1.807) is 31.4 Å². The van der Waals surface area contributed by atoms with Gasteiger partial charge in [-0.15, -0.1) is 5.10 Å². The van der Waals surface area contributed by atoms with Crippen LogP contribution in [0.25, 0.3) is 11.4 Å². The minimum absolute atomic E-state index is 0.319. The number of aromatic nitrogens is 3. The molecule has 0 aliphatic carbocycles. The molecule has 0 aliphatic rings. The molecule has 30 heavy (non-hydrogen) atoms. The van der Waals surface area contributed by atoms with Crippen LogP contribution in [0.4, 0.5) is 5.95 Å². The third-order valence-corrected chi connectivity index (χ3v) is 4.75. The average Bonchev–Trinajstić information content (AvgIpc) is 3.22. The minimum atomic E-state index is -0.319. The number of benzene rings is 3. The highest BCUT2D eigenvalue weighted by Crippen LogP contribution is 2.22. The molecule has 0 radical (unpaired) electrons. The van der Waals surface area contributed by atoms with Gasteiger partial charge in [-0.3, -0.25) is 4.79 Å². The smallest absolute Gasteiger partial charge is 0.281 e. The summed E-state index contributed by atoms with van der Waals surface area (Å²) in [6.07, 6.45) is 0. The molecule has 0 aliphatic heterocycles. The predicted molar refractivity (Wildman–Crippen MR) is 117 cm³/mol. The van der Waals surface area contributed by atoms with Crippen molar-refractivity contribution in [2.24, 2.45) is 0 Å². The summed E-state index contributed by atoms with van der Waals surface area (Å²) in [5.41, 5.74) is 2.26. The minimum Gasteiger partial charge on any atom is -0.497 e. The number of methoxy groups -OCH3 is 1. The maximum absolute atomic E-state index is 13.1. The number of halogens is 1. The fourth-order valence-electron chi connectivity index (χ4n) is 2.95. The molecule has 1 aromatic heterocycles. The summed E-state index contributed by atoms with van der Waals surface area (Å²) in [5.74, 6) is 1.20. The Morgan fingerprint density at radius 3 is 2.50 bits per heavy atom. The van der Waals surface area contributed by atoms with Gasteiger partial charge in [0.05, 0.1) is 7.11 Å². The molecule has 0 fully saturated rings. The van der Waals surface area contributed by atoms with E-state index in [2.05, 4.69) is 15.4 Å². The summed E-state index contributed by atoms with van der Waals surface area (Å²) in [7, 11) is 1.61. The standard InChI is InChI=1S/C23H19ClN4O2/c1-30-20-12-10-17(11-13-20)21-26-23(25-15-16-6-3-2-4-7-16)28(27-21)22(29)18-8-5-9-19(24)14-18/h2-14H,15H2,1H3,(H,25,26,27). The molecule has 3 aromatic carbocycles. The van der Waals surface area contributed by atoms with E-state index in [4.69, 9.17) is 16.3 Å². The van der Waals surface area contributed by atoms with Crippen LogP contribution >= 0.6 is 11.6 Å².